The molecule has 0 heterocycles. The normalized spacial score (nSPS) is 14.2. The zero-order valence-corrected chi connectivity index (χ0v) is 18.9. The van der Waals surface area contributed by atoms with E-state index in [1.165, 1.54) is 29.2 Å². The first-order chi connectivity index (χ1) is 15.5. The molecule has 0 N–H and O–H groups in total. The second-order valence-electron chi connectivity index (χ2n) is 8.33. The first-order valence-corrected chi connectivity index (χ1v) is 11.3. The molecule has 0 radical (unpaired) electrons. The van der Waals surface area contributed by atoms with Gasteiger partial charge in [-0.1, -0.05) is 61.4 Å². The zero-order chi connectivity index (χ0) is 22.9. The quantitative estimate of drug-likeness (QED) is 0.163. The lowest BCUT2D eigenvalue weighted by molar-refractivity contribution is -0.777. The fourth-order valence-electron chi connectivity index (χ4n) is 4.47. The molecule has 1 aliphatic rings. The van der Waals surface area contributed by atoms with Crippen molar-refractivity contribution in [1.82, 2.24) is 4.90 Å². The van der Waals surface area contributed by atoms with E-state index >= 15 is 0 Å². The molecule has 0 saturated heterocycles. The van der Waals surface area contributed by atoms with Gasteiger partial charge in [-0.3, -0.25) is 14.5 Å². The van der Waals surface area contributed by atoms with Crippen molar-refractivity contribution in [3.8, 4) is 0 Å². The van der Waals surface area contributed by atoms with Crippen LogP contribution in [0.15, 0.2) is 48.5 Å². The molecule has 0 aromatic heterocycles. The molecule has 0 amide bonds. The third kappa shape index (κ3) is 6.53. The van der Waals surface area contributed by atoms with E-state index in [1.54, 1.807) is 0 Å². The van der Waals surface area contributed by atoms with Gasteiger partial charge in [-0.05, 0) is 68.5 Å². The molecule has 172 valence electrons. The SMILES string of the molecule is CC(OC(=O)CCCCCCN(C)C1c2ccccc2CCc2ccccc21)O[N+](=O)[O-]. The summed E-state index contributed by atoms with van der Waals surface area (Å²) in [5.41, 5.74) is 5.64. The van der Waals surface area contributed by atoms with Gasteiger partial charge in [-0.15, -0.1) is 10.1 Å². The number of rotatable bonds is 11. The topological polar surface area (TPSA) is 81.9 Å². The van der Waals surface area contributed by atoms with E-state index in [9.17, 15) is 14.9 Å². The van der Waals surface area contributed by atoms with Crippen LogP contribution >= 0.6 is 0 Å². The van der Waals surface area contributed by atoms with Crippen molar-refractivity contribution in [2.45, 2.75) is 64.2 Å². The number of unbranched alkanes of at least 4 members (excludes halogenated alkanes) is 3. The van der Waals surface area contributed by atoms with Crippen LogP contribution in [0, 0.1) is 10.1 Å². The maximum atomic E-state index is 11.7. The van der Waals surface area contributed by atoms with E-state index in [0.29, 0.717) is 6.42 Å². The first kappa shape index (κ1) is 23.7. The fourth-order valence-corrected chi connectivity index (χ4v) is 4.47. The number of aryl methyl sites for hydroxylation is 2. The minimum absolute atomic E-state index is 0.241. The van der Waals surface area contributed by atoms with Crippen LogP contribution in [-0.4, -0.2) is 35.8 Å². The predicted octanol–water partition coefficient (Wildman–Crippen LogP) is 4.85. The molecular formula is C25H32N2O5. The fraction of sp³-hybridized carbons (Fsp3) is 0.480. The highest BCUT2D eigenvalue weighted by Crippen LogP contribution is 2.36. The summed E-state index contributed by atoms with van der Waals surface area (Å²) in [6, 6.07) is 17.8. The first-order valence-electron chi connectivity index (χ1n) is 11.3. The van der Waals surface area contributed by atoms with Crippen LogP contribution in [0.1, 0.15) is 67.3 Å². The molecule has 0 bridgehead atoms. The third-order valence-electron chi connectivity index (χ3n) is 5.98. The molecule has 0 spiro atoms. The molecule has 7 nitrogen and oxygen atoms in total. The van der Waals surface area contributed by atoms with Crippen LogP contribution in [0.4, 0.5) is 0 Å². The van der Waals surface area contributed by atoms with E-state index in [1.807, 2.05) is 0 Å². The standard InChI is InChI=1S/C25H32N2O5/c1-19(32-27(29)30)31-24(28)15-5-3-4-10-18-26(2)25-22-13-8-6-11-20(22)16-17-21-12-7-9-14-23(21)25/h6-9,11-14,19,25H,3-5,10,15-18H2,1-2H3. The van der Waals surface area contributed by atoms with Crippen molar-refractivity contribution in [2.24, 2.45) is 0 Å². The van der Waals surface area contributed by atoms with Crippen LogP contribution in [0.3, 0.4) is 0 Å². The van der Waals surface area contributed by atoms with Crippen molar-refractivity contribution >= 4 is 5.97 Å². The predicted molar refractivity (Wildman–Crippen MR) is 121 cm³/mol. The molecule has 3 rings (SSSR count). The van der Waals surface area contributed by atoms with Crippen molar-refractivity contribution in [3.63, 3.8) is 0 Å². The summed E-state index contributed by atoms with van der Waals surface area (Å²) in [5, 5.41) is 9.28. The minimum Gasteiger partial charge on any atom is -0.435 e. The third-order valence-corrected chi connectivity index (χ3v) is 5.98. The highest BCUT2D eigenvalue weighted by Gasteiger charge is 2.26. The molecule has 7 heteroatoms. The van der Waals surface area contributed by atoms with Crippen molar-refractivity contribution in [2.75, 3.05) is 13.6 Å². The number of nitrogens with zero attached hydrogens (tertiary/aromatic N) is 2. The van der Waals surface area contributed by atoms with E-state index in [-0.39, 0.29) is 12.5 Å². The Labute approximate surface area is 189 Å². The van der Waals surface area contributed by atoms with Gasteiger partial charge >= 0.3 is 5.97 Å². The van der Waals surface area contributed by atoms with Gasteiger partial charge in [0.2, 0.25) is 6.29 Å². The van der Waals surface area contributed by atoms with E-state index in [4.69, 9.17) is 4.74 Å². The summed E-state index contributed by atoms with van der Waals surface area (Å²) < 4.78 is 4.85. The van der Waals surface area contributed by atoms with E-state index in [0.717, 1.165) is 38.6 Å². The summed E-state index contributed by atoms with van der Waals surface area (Å²) in [6.45, 7) is 2.30. The Morgan fingerprint density at radius 3 is 2.19 bits per heavy atom. The molecule has 0 aliphatic heterocycles. The van der Waals surface area contributed by atoms with Crippen molar-refractivity contribution in [1.29, 1.82) is 0 Å². The number of ether oxygens (including phenoxy) is 1. The Kier molecular flexibility index (Phi) is 8.62. The lowest BCUT2D eigenvalue weighted by Gasteiger charge is -2.30. The number of hydrogen-bond donors (Lipinski definition) is 0. The molecule has 0 fully saturated rings. The van der Waals surface area contributed by atoms with Crippen molar-refractivity contribution < 1.29 is 19.5 Å². The van der Waals surface area contributed by atoms with Crippen LogP contribution in [0.5, 0.6) is 0 Å². The number of benzene rings is 2. The molecule has 32 heavy (non-hydrogen) atoms. The van der Waals surface area contributed by atoms with Gasteiger partial charge in [0.25, 0.3) is 5.09 Å². The Morgan fingerprint density at radius 1 is 1.03 bits per heavy atom. The maximum absolute atomic E-state index is 11.7. The van der Waals surface area contributed by atoms with Gasteiger partial charge in [0.05, 0.1) is 6.04 Å². The van der Waals surface area contributed by atoms with Crippen LogP contribution in [0.2, 0.25) is 0 Å². The largest absolute Gasteiger partial charge is 0.435 e. The highest BCUT2D eigenvalue weighted by molar-refractivity contribution is 5.69. The zero-order valence-electron chi connectivity index (χ0n) is 18.9. The summed E-state index contributed by atoms with van der Waals surface area (Å²) in [4.78, 5) is 28.6. The van der Waals surface area contributed by atoms with E-state index in [2.05, 4.69) is 65.3 Å². The molecule has 2 aromatic rings. The summed E-state index contributed by atoms with van der Waals surface area (Å²) in [6.07, 6.45) is 4.86. The van der Waals surface area contributed by atoms with Crippen LogP contribution in [0.25, 0.3) is 0 Å². The van der Waals surface area contributed by atoms with Gasteiger partial charge in [-0.2, -0.15) is 0 Å². The average Bonchev–Trinajstić information content (AvgIpc) is 2.92. The van der Waals surface area contributed by atoms with Gasteiger partial charge in [0, 0.05) is 6.42 Å². The molecular weight excluding hydrogens is 408 g/mol. The molecule has 1 unspecified atom stereocenters. The average molecular weight is 441 g/mol. The molecule has 0 saturated carbocycles. The lowest BCUT2D eigenvalue weighted by atomic mass is 9.93. The summed E-state index contributed by atoms with van der Waals surface area (Å²) in [5.74, 6) is -0.469. The second-order valence-corrected chi connectivity index (χ2v) is 8.33. The lowest BCUT2D eigenvalue weighted by Crippen LogP contribution is -2.27. The molecule has 2 aromatic carbocycles. The van der Waals surface area contributed by atoms with Crippen LogP contribution in [-0.2, 0) is 27.2 Å². The van der Waals surface area contributed by atoms with Gasteiger partial charge in [-0.25, -0.2) is 0 Å². The number of fused-ring (bicyclic) bond motifs is 2. The number of hydrogen-bond acceptors (Lipinski definition) is 6. The summed E-state index contributed by atoms with van der Waals surface area (Å²) in [7, 11) is 2.19. The Hall–Kier alpha value is -2.93. The minimum atomic E-state index is -1.17. The Bertz CT molecular complexity index is 869. The van der Waals surface area contributed by atoms with Crippen molar-refractivity contribution in [3.05, 3.63) is 80.9 Å². The van der Waals surface area contributed by atoms with Crippen LogP contribution < -0.4 is 0 Å². The number of carbonyl (C=O) groups excluding carboxylic acids is 1. The molecule has 1 aliphatic carbocycles. The second kappa shape index (κ2) is 11.6. The summed E-state index contributed by atoms with van der Waals surface area (Å²) >= 11 is 0. The monoisotopic (exact) mass is 440 g/mol. The number of esters is 1. The van der Waals surface area contributed by atoms with Gasteiger partial charge < -0.3 is 4.74 Å². The van der Waals surface area contributed by atoms with E-state index < -0.39 is 17.3 Å². The maximum Gasteiger partial charge on any atom is 0.307 e. The molecule has 1 atom stereocenters. The highest BCUT2D eigenvalue weighted by atomic mass is 17.0. The number of carbonyl (C=O) groups is 1. The Balaban J connectivity index is 1.48. The Morgan fingerprint density at radius 2 is 1.59 bits per heavy atom. The van der Waals surface area contributed by atoms with Gasteiger partial charge in [0.1, 0.15) is 0 Å². The van der Waals surface area contributed by atoms with Gasteiger partial charge in [0.15, 0.2) is 0 Å². The smallest absolute Gasteiger partial charge is 0.307 e.